The summed E-state index contributed by atoms with van der Waals surface area (Å²) in [5.41, 5.74) is 7.14. The Morgan fingerprint density at radius 3 is 2.69 bits per heavy atom. The van der Waals surface area contributed by atoms with Gasteiger partial charge in [-0.2, -0.15) is 0 Å². The van der Waals surface area contributed by atoms with Crippen molar-refractivity contribution in [3.8, 4) is 5.75 Å². The Morgan fingerprint density at radius 2 is 1.88 bits per heavy atom. The van der Waals surface area contributed by atoms with E-state index in [0.717, 1.165) is 38.0 Å². The van der Waals surface area contributed by atoms with Gasteiger partial charge in [-0.15, -0.1) is 0 Å². The third-order valence-corrected chi connectivity index (χ3v) is 10.2. The largest absolute Gasteiger partial charge is 0.497 e. The summed E-state index contributed by atoms with van der Waals surface area (Å²) in [7, 11) is -0.0932. The molecule has 1 amide bonds. The molecule has 0 aliphatic carbocycles. The average molecular weight is 364 g/mol. The highest BCUT2D eigenvalue weighted by Gasteiger charge is 2.41. The lowest BCUT2D eigenvalue weighted by molar-refractivity contribution is -0.119. The van der Waals surface area contributed by atoms with E-state index in [0.29, 0.717) is 12.3 Å². The van der Waals surface area contributed by atoms with Gasteiger partial charge in [0.2, 0.25) is 5.91 Å². The number of hydrogen-bond donors (Lipinski definition) is 0. The maximum absolute atomic E-state index is 12.5. The summed E-state index contributed by atoms with van der Waals surface area (Å²) in [5.74, 6) is 1.27. The molecule has 0 aromatic heterocycles. The summed E-state index contributed by atoms with van der Waals surface area (Å²) < 4.78 is 5.52. The molecule has 0 spiro atoms. The van der Waals surface area contributed by atoms with Gasteiger partial charge in [-0.1, -0.05) is 25.2 Å². The molecule has 0 fully saturated rings. The number of amides is 1. The highest BCUT2D eigenvalue weighted by atomic mass is 28.3. The molecule has 0 bridgehead atoms. The zero-order chi connectivity index (χ0) is 18.1. The lowest BCUT2D eigenvalue weighted by Gasteiger charge is -2.42. The summed E-state index contributed by atoms with van der Waals surface area (Å²) in [5, 5.41) is 3.09. The number of rotatable bonds is 1. The fraction of sp³-hybridized carbons (Fsp3) is 0.409. The highest BCUT2D eigenvalue weighted by molar-refractivity contribution is 7.01. The average Bonchev–Trinajstić information content (AvgIpc) is 2.64. The van der Waals surface area contributed by atoms with Crippen LogP contribution in [0.1, 0.15) is 35.1 Å². The summed E-state index contributed by atoms with van der Waals surface area (Å²) >= 11 is 0. The van der Waals surface area contributed by atoms with Gasteiger partial charge in [-0.25, -0.2) is 0 Å². The Morgan fingerprint density at radius 1 is 1.04 bits per heavy atom. The third-order valence-electron chi connectivity index (χ3n) is 6.55. The predicted octanol–water partition coefficient (Wildman–Crippen LogP) is 2.65. The molecule has 5 rings (SSSR count). The van der Waals surface area contributed by atoms with Gasteiger partial charge in [0.1, 0.15) is 13.8 Å². The van der Waals surface area contributed by atoms with Gasteiger partial charge in [0.25, 0.3) is 0 Å². The van der Waals surface area contributed by atoms with Crippen LogP contribution in [0, 0.1) is 0 Å². The Balaban J connectivity index is 1.77. The summed E-state index contributed by atoms with van der Waals surface area (Å²) in [6, 6.07) is 9.05. The molecule has 26 heavy (non-hydrogen) atoms. The zero-order valence-corrected chi connectivity index (χ0v) is 16.8. The number of aryl methyl sites for hydroxylation is 1. The van der Waals surface area contributed by atoms with Crippen LogP contribution >= 0.6 is 0 Å². The number of hydrogen-bond acceptors (Lipinski definition) is 2. The van der Waals surface area contributed by atoms with Crippen LogP contribution in [0.4, 0.5) is 5.69 Å². The number of anilines is 1. The second-order valence-electron chi connectivity index (χ2n) is 8.37. The van der Waals surface area contributed by atoms with Crippen molar-refractivity contribution >= 4 is 30.0 Å². The summed E-state index contributed by atoms with van der Waals surface area (Å²) in [4.78, 5) is 14.6. The van der Waals surface area contributed by atoms with Crippen LogP contribution < -0.4 is 20.0 Å². The fourth-order valence-corrected chi connectivity index (χ4v) is 9.17. The van der Waals surface area contributed by atoms with Crippen LogP contribution in [0.5, 0.6) is 5.75 Å². The molecule has 0 saturated carbocycles. The van der Waals surface area contributed by atoms with Crippen molar-refractivity contribution in [2.24, 2.45) is 0 Å². The van der Waals surface area contributed by atoms with Crippen molar-refractivity contribution in [3.05, 3.63) is 46.5 Å². The quantitative estimate of drug-likeness (QED) is 0.729. The van der Waals surface area contributed by atoms with E-state index in [1.54, 1.807) is 12.3 Å². The van der Waals surface area contributed by atoms with E-state index in [1.165, 1.54) is 33.1 Å². The monoisotopic (exact) mass is 363 g/mol. The van der Waals surface area contributed by atoms with Crippen molar-refractivity contribution in [1.29, 1.82) is 0 Å². The van der Waals surface area contributed by atoms with Crippen molar-refractivity contribution in [1.82, 2.24) is 0 Å². The molecule has 3 aliphatic rings. The summed E-state index contributed by atoms with van der Waals surface area (Å²) in [6.07, 6.45) is 4.79. The number of nitrogens with zero attached hydrogens (tertiary/aromatic N) is 1. The number of benzene rings is 2. The minimum absolute atomic E-state index is 0.316. The normalized spacial score (nSPS) is 19.5. The summed E-state index contributed by atoms with van der Waals surface area (Å²) in [6.45, 7) is 5.83. The molecule has 3 nitrogen and oxygen atoms in total. The molecule has 0 radical (unpaired) electrons. The maximum atomic E-state index is 12.5. The third kappa shape index (κ3) is 2.08. The first-order valence-electron chi connectivity index (χ1n) is 9.66. The predicted molar refractivity (Wildman–Crippen MR) is 108 cm³/mol. The molecule has 0 atom stereocenters. The number of ether oxygens (including phenoxy) is 1. The lowest BCUT2D eigenvalue weighted by Crippen LogP contribution is -2.60. The van der Waals surface area contributed by atoms with E-state index in [2.05, 4.69) is 42.3 Å². The Hall–Kier alpha value is -2.07. The maximum Gasteiger partial charge on any atom is 0.227 e. The van der Waals surface area contributed by atoms with E-state index in [1.807, 2.05) is 0 Å². The molecule has 0 N–H and O–H groups in total. The van der Waals surface area contributed by atoms with Gasteiger partial charge < -0.3 is 9.64 Å². The molecule has 0 unspecified atom stereocenters. The van der Waals surface area contributed by atoms with Crippen molar-refractivity contribution in [2.45, 2.75) is 45.2 Å². The first kappa shape index (κ1) is 16.1. The molecule has 2 aromatic rings. The van der Waals surface area contributed by atoms with Crippen LogP contribution in [0.15, 0.2) is 24.3 Å². The minimum atomic E-state index is -1.84. The van der Waals surface area contributed by atoms with Crippen LogP contribution in [0.3, 0.4) is 0 Å². The number of methoxy groups -OCH3 is 1. The standard InChI is InChI=1S/C22H25NO2Si/c1-25-17-7-6-14-11-16-12-15-5-4-10-23-20(24)9-8-18(21(15)23)22(16)26(2,3)19(14)13-17/h6-7,12-13H,4-5,8-11H2,1-3H3. The van der Waals surface area contributed by atoms with Gasteiger partial charge in [-0.3, -0.25) is 4.79 Å². The van der Waals surface area contributed by atoms with Gasteiger partial charge >= 0.3 is 0 Å². The Kier molecular flexibility index (Phi) is 3.39. The van der Waals surface area contributed by atoms with Crippen molar-refractivity contribution < 1.29 is 9.53 Å². The SMILES string of the molecule is COc1ccc2c(c1)[Si](C)(C)c1c(cc3c4c1CCC(=O)N4CCC3)C2. The Bertz CT molecular complexity index is 948. The molecule has 3 aliphatic heterocycles. The molecule has 4 heteroatoms. The molecule has 134 valence electrons. The van der Waals surface area contributed by atoms with Crippen LogP contribution in [-0.4, -0.2) is 27.6 Å². The fourth-order valence-electron chi connectivity index (χ4n) is 5.46. The van der Waals surface area contributed by atoms with Gasteiger partial charge in [0.15, 0.2) is 0 Å². The van der Waals surface area contributed by atoms with E-state index < -0.39 is 8.07 Å². The van der Waals surface area contributed by atoms with Gasteiger partial charge in [0.05, 0.1) is 7.11 Å². The lowest BCUT2D eigenvalue weighted by atomic mass is 9.88. The highest BCUT2D eigenvalue weighted by Crippen LogP contribution is 2.38. The van der Waals surface area contributed by atoms with Crippen LogP contribution in [-0.2, 0) is 24.1 Å². The van der Waals surface area contributed by atoms with E-state index in [-0.39, 0.29) is 0 Å². The topological polar surface area (TPSA) is 29.5 Å². The van der Waals surface area contributed by atoms with E-state index >= 15 is 0 Å². The molecule has 3 heterocycles. The number of fused-ring (bicyclic) bond motifs is 3. The van der Waals surface area contributed by atoms with Crippen molar-refractivity contribution in [2.75, 3.05) is 18.6 Å². The zero-order valence-electron chi connectivity index (χ0n) is 15.8. The molecule has 0 saturated heterocycles. The number of carbonyl (C=O) groups excluding carboxylic acids is 1. The van der Waals surface area contributed by atoms with E-state index in [4.69, 9.17) is 4.74 Å². The molecular formula is C22H25NO2Si. The van der Waals surface area contributed by atoms with E-state index in [9.17, 15) is 4.79 Å². The molecular weight excluding hydrogens is 338 g/mol. The van der Waals surface area contributed by atoms with Crippen LogP contribution in [0.2, 0.25) is 13.1 Å². The second-order valence-corrected chi connectivity index (χ2v) is 12.7. The van der Waals surface area contributed by atoms with Gasteiger partial charge in [-0.05, 0) is 70.4 Å². The minimum Gasteiger partial charge on any atom is -0.497 e. The Labute approximate surface area is 156 Å². The number of carbonyl (C=O) groups is 1. The second kappa shape index (κ2) is 5.46. The first-order chi connectivity index (χ1) is 12.5. The van der Waals surface area contributed by atoms with Crippen molar-refractivity contribution in [3.63, 3.8) is 0 Å². The first-order valence-corrected chi connectivity index (χ1v) is 12.7. The van der Waals surface area contributed by atoms with Gasteiger partial charge in [0, 0.05) is 18.7 Å². The smallest absolute Gasteiger partial charge is 0.227 e. The van der Waals surface area contributed by atoms with Crippen LogP contribution in [0.25, 0.3) is 0 Å². The molecule has 2 aromatic carbocycles.